The van der Waals surface area contributed by atoms with Gasteiger partial charge >= 0.3 is 18.0 Å². The van der Waals surface area contributed by atoms with E-state index in [2.05, 4.69) is 22.8 Å². The highest BCUT2D eigenvalue weighted by Crippen LogP contribution is 2.57. The van der Waals surface area contributed by atoms with Crippen LogP contribution in [-0.2, 0) is 19.9 Å². The number of unbranched alkanes of at least 4 members (excludes halogenated alkanes) is 1. The SMILES string of the molecule is O=C(NCCCCC(NC(=O)c1ccc2c(c1)C(=O)OC21c2ccc(O)cc2Oc2cc(O)ccc21)C(=O)O)OCC1c2ccccc2-c2ccccc21. The Hall–Kier alpha value is -6.82. The highest BCUT2D eigenvalue weighted by molar-refractivity contribution is 6.02. The Kier molecular flexibility index (Phi) is 8.65. The number of carbonyl (C=O) groups is 4. The quantitative estimate of drug-likeness (QED) is 0.0782. The van der Waals surface area contributed by atoms with Crippen LogP contribution in [0.25, 0.3) is 11.1 Å². The van der Waals surface area contributed by atoms with Crippen LogP contribution in [0.15, 0.2) is 103 Å². The average Bonchev–Trinajstić information content (AvgIpc) is 3.64. The number of ether oxygens (including phenoxy) is 3. The van der Waals surface area contributed by atoms with Crippen LogP contribution in [-0.4, -0.2) is 58.5 Å². The van der Waals surface area contributed by atoms with Gasteiger partial charge < -0.3 is 40.2 Å². The normalized spacial score (nSPS) is 14.7. The van der Waals surface area contributed by atoms with Gasteiger partial charge in [-0.15, -0.1) is 0 Å². The number of rotatable bonds is 10. The number of benzene rings is 5. The maximum Gasteiger partial charge on any atom is 0.407 e. The van der Waals surface area contributed by atoms with Crippen molar-refractivity contribution in [1.82, 2.24) is 10.6 Å². The van der Waals surface area contributed by atoms with Crippen LogP contribution < -0.4 is 15.4 Å². The molecule has 12 heteroatoms. The maximum absolute atomic E-state index is 13.4. The third-order valence-corrected chi connectivity index (χ3v) is 10.2. The molecule has 5 aromatic rings. The second-order valence-electron chi connectivity index (χ2n) is 13.4. The van der Waals surface area contributed by atoms with E-state index in [-0.39, 0.29) is 59.6 Å². The summed E-state index contributed by atoms with van der Waals surface area (Å²) in [5, 5.41) is 35.4. The Balaban J connectivity index is 0.886. The van der Waals surface area contributed by atoms with Gasteiger partial charge in [0.2, 0.25) is 0 Å². The van der Waals surface area contributed by atoms with Crippen molar-refractivity contribution in [1.29, 1.82) is 0 Å². The zero-order valence-corrected chi connectivity index (χ0v) is 28.7. The zero-order valence-electron chi connectivity index (χ0n) is 28.7. The van der Waals surface area contributed by atoms with E-state index in [4.69, 9.17) is 14.2 Å². The highest BCUT2D eigenvalue weighted by Gasteiger charge is 2.54. The molecule has 1 spiro atoms. The lowest BCUT2D eigenvalue weighted by Crippen LogP contribution is -2.41. The predicted octanol–water partition coefficient (Wildman–Crippen LogP) is 6.56. The summed E-state index contributed by atoms with van der Waals surface area (Å²) in [4.78, 5) is 51.4. The number of hydrogen-bond donors (Lipinski definition) is 5. The van der Waals surface area contributed by atoms with Gasteiger partial charge in [-0.05, 0) is 77.9 Å². The van der Waals surface area contributed by atoms with Crippen molar-refractivity contribution in [2.75, 3.05) is 13.2 Å². The number of carboxylic acid groups (broad SMARTS) is 1. The molecule has 1 atom stereocenters. The number of aliphatic carboxylic acids is 1. The molecular formula is C42H34N2O10. The van der Waals surface area contributed by atoms with Gasteiger partial charge in [-0.25, -0.2) is 14.4 Å². The maximum atomic E-state index is 13.4. The molecule has 3 aliphatic rings. The largest absolute Gasteiger partial charge is 0.508 e. The molecule has 2 heterocycles. The van der Waals surface area contributed by atoms with Crippen LogP contribution >= 0.6 is 0 Å². The third-order valence-electron chi connectivity index (χ3n) is 10.2. The fraction of sp³-hybridized carbons (Fsp3) is 0.190. The standard InChI is InChI=1S/C42H34N2O10/c45-24-13-16-33-36(20-24)53-37-21-25(46)14-17-34(37)42(33)32-15-12-23(19-30(32)40(50)54-42)38(47)44-35(39(48)49)11-5-6-18-43-41(51)52-22-31-28-9-3-1-7-26(28)27-8-2-4-10-29(27)31/h1-4,7-10,12-17,19-21,31,35,45-46H,5-6,11,18,22H2,(H,43,51)(H,44,47)(H,48,49). The molecular weight excluding hydrogens is 692 g/mol. The summed E-state index contributed by atoms with van der Waals surface area (Å²) >= 11 is 0. The Labute approximate surface area is 308 Å². The Morgan fingerprint density at radius 2 is 1.37 bits per heavy atom. The first-order chi connectivity index (χ1) is 26.1. The number of amides is 2. The number of carboxylic acids is 1. The molecule has 2 aliphatic heterocycles. The molecule has 0 aromatic heterocycles. The topological polar surface area (TPSA) is 181 Å². The first kappa shape index (κ1) is 34.3. The summed E-state index contributed by atoms with van der Waals surface area (Å²) in [6.45, 7) is 0.431. The van der Waals surface area contributed by atoms with Crippen molar-refractivity contribution in [3.05, 3.63) is 142 Å². The second-order valence-corrected chi connectivity index (χ2v) is 13.4. The van der Waals surface area contributed by atoms with Gasteiger partial charge in [0.15, 0.2) is 5.60 Å². The van der Waals surface area contributed by atoms with E-state index >= 15 is 0 Å². The summed E-state index contributed by atoms with van der Waals surface area (Å²) in [7, 11) is 0. The number of fused-ring (bicyclic) bond motifs is 9. The van der Waals surface area contributed by atoms with E-state index < -0.39 is 35.6 Å². The third kappa shape index (κ3) is 5.91. The molecule has 0 bridgehead atoms. The van der Waals surface area contributed by atoms with E-state index in [9.17, 15) is 34.5 Å². The second kappa shape index (κ2) is 13.6. The van der Waals surface area contributed by atoms with Crippen LogP contribution in [0, 0.1) is 0 Å². The van der Waals surface area contributed by atoms with Crippen LogP contribution in [0.1, 0.15) is 73.7 Å². The molecule has 0 saturated carbocycles. The van der Waals surface area contributed by atoms with E-state index in [1.165, 1.54) is 36.4 Å². The van der Waals surface area contributed by atoms with Crippen LogP contribution in [0.2, 0.25) is 0 Å². The molecule has 5 N–H and O–H groups in total. The Bertz CT molecular complexity index is 2260. The highest BCUT2D eigenvalue weighted by atomic mass is 16.6. The van der Waals surface area contributed by atoms with Gasteiger partial charge in [0, 0.05) is 46.8 Å². The molecule has 0 fully saturated rings. The van der Waals surface area contributed by atoms with Crippen molar-refractivity contribution in [3.8, 4) is 34.1 Å². The zero-order chi connectivity index (χ0) is 37.6. The van der Waals surface area contributed by atoms with Gasteiger partial charge in [0.05, 0.1) is 5.56 Å². The summed E-state index contributed by atoms with van der Waals surface area (Å²) in [6, 6.07) is 28.1. The minimum atomic E-state index is -1.50. The number of phenolic OH excluding ortho intramolecular Hbond substituents is 2. The predicted molar refractivity (Wildman–Crippen MR) is 194 cm³/mol. The fourth-order valence-corrected chi connectivity index (χ4v) is 7.66. The van der Waals surface area contributed by atoms with Crippen LogP contribution in [0.5, 0.6) is 23.0 Å². The number of carbonyl (C=O) groups excluding carboxylic acids is 3. The van der Waals surface area contributed by atoms with Gasteiger partial charge in [0.1, 0.15) is 35.6 Å². The number of aromatic hydroxyl groups is 2. The van der Waals surface area contributed by atoms with Crippen molar-refractivity contribution >= 4 is 23.9 Å². The van der Waals surface area contributed by atoms with Crippen molar-refractivity contribution in [2.45, 2.75) is 36.8 Å². The fourth-order valence-electron chi connectivity index (χ4n) is 7.66. The van der Waals surface area contributed by atoms with Gasteiger partial charge in [-0.2, -0.15) is 0 Å². The van der Waals surface area contributed by atoms with Crippen molar-refractivity contribution < 1.29 is 48.7 Å². The first-order valence-electron chi connectivity index (χ1n) is 17.5. The molecule has 0 radical (unpaired) electrons. The van der Waals surface area contributed by atoms with Crippen LogP contribution in [0.4, 0.5) is 4.79 Å². The monoisotopic (exact) mass is 726 g/mol. The minimum absolute atomic E-state index is 0.0508. The summed E-state index contributed by atoms with van der Waals surface area (Å²) in [6.07, 6.45) is 0.350. The number of hydrogen-bond acceptors (Lipinski definition) is 9. The van der Waals surface area contributed by atoms with Gasteiger partial charge in [-0.3, -0.25) is 4.79 Å². The lowest BCUT2D eigenvalue weighted by atomic mass is 9.77. The van der Waals surface area contributed by atoms with Crippen LogP contribution in [0.3, 0.4) is 0 Å². The lowest BCUT2D eigenvalue weighted by Gasteiger charge is -2.36. The molecule has 5 aromatic carbocycles. The smallest absolute Gasteiger partial charge is 0.407 e. The van der Waals surface area contributed by atoms with E-state index in [1.54, 1.807) is 18.2 Å². The molecule has 8 rings (SSSR count). The minimum Gasteiger partial charge on any atom is -0.508 e. The van der Waals surface area contributed by atoms with Crippen molar-refractivity contribution in [2.24, 2.45) is 0 Å². The number of nitrogens with one attached hydrogen (secondary N) is 2. The number of esters is 1. The summed E-state index contributed by atoms with van der Waals surface area (Å²) < 4.78 is 17.6. The van der Waals surface area contributed by atoms with Crippen molar-refractivity contribution in [3.63, 3.8) is 0 Å². The van der Waals surface area contributed by atoms with E-state index in [0.717, 1.165) is 22.3 Å². The molecule has 1 unspecified atom stereocenters. The Morgan fingerprint density at radius 1 is 0.759 bits per heavy atom. The van der Waals surface area contributed by atoms with Gasteiger partial charge in [0.25, 0.3) is 5.91 Å². The summed E-state index contributed by atoms with van der Waals surface area (Å²) in [5.74, 6) is -2.44. The molecule has 1 aliphatic carbocycles. The molecule has 0 saturated heterocycles. The average molecular weight is 727 g/mol. The van der Waals surface area contributed by atoms with E-state index in [0.29, 0.717) is 29.5 Å². The molecule has 272 valence electrons. The van der Waals surface area contributed by atoms with Gasteiger partial charge in [-0.1, -0.05) is 54.6 Å². The Morgan fingerprint density at radius 3 is 2.00 bits per heavy atom. The molecule has 2 amide bonds. The number of alkyl carbamates (subject to hydrolysis) is 1. The number of phenols is 2. The first-order valence-corrected chi connectivity index (χ1v) is 17.5. The van der Waals surface area contributed by atoms with E-state index in [1.807, 2.05) is 36.4 Å². The lowest BCUT2D eigenvalue weighted by molar-refractivity contribution is -0.139. The molecule has 12 nitrogen and oxygen atoms in total. The summed E-state index contributed by atoms with van der Waals surface area (Å²) in [5.41, 5.74) is 4.40. The molecule has 54 heavy (non-hydrogen) atoms.